The van der Waals surface area contributed by atoms with Crippen LogP contribution in [0.1, 0.15) is 56.9 Å². The van der Waals surface area contributed by atoms with Crippen molar-refractivity contribution in [3.8, 4) is 5.75 Å². The van der Waals surface area contributed by atoms with E-state index in [9.17, 15) is 9.59 Å². The molecule has 2 aliphatic carbocycles. The van der Waals surface area contributed by atoms with Crippen LogP contribution in [-0.2, 0) is 15.0 Å². The van der Waals surface area contributed by atoms with Crippen molar-refractivity contribution in [3.05, 3.63) is 29.8 Å². The Morgan fingerprint density at radius 1 is 1.16 bits per heavy atom. The second kappa shape index (κ2) is 6.47. The minimum Gasteiger partial charge on any atom is -0.497 e. The summed E-state index contributed by atoms with van der Waals surface area (Å²) in [5.74, 6) is 1.36. The summed E-state index contributed by atoms with van der Waals surface area (Å²) in [7, 11) is 1.66. The SMILES string of the molecule is COc1cccc([C@@]23CCCC[C@@H]2C(=O)N(CC2CCC2)C(=O)C3)c1. The lowest BCUT2D eigenvalue weighted by atomic mass is 9.58. The summed E-state index contributed by atoms with van der Waals surface area (Å²) in [5, 5.41) is 0. The summed E-state index contributed by atoms with van der Waals surface area (Å²) < 4.78 is 5.39. The van der Waals surface area contributed by atoms with E-state index in [0.29, 0.717) is 18.9 Å². The molecule has 4 rings (SSSR count). The van der Waals surface area contributed by atoms with Crippen LogP contribution >= 0.6 is 0 Å². The number of amides is 2. The molecule has 0 unspecified atom stereocenters. The lowest BCUT2D eigenvalue weighted by molar-refractivity contribution is -0.159. The maximum absolute atomic E-state index is 13.3. The molecule has 25 heavy (non-hydrogen) atoms. The van der Waals surface area contributed by atoms with Crippen LogP contribution in [0, 0.1) is 11.8 Å². The number of rotatable bonds is 4. The molecule has 4 heteroatoms. The fourth-order valence-corrected chi connectivity index (χ4v) is 4.99. The number of imide groups is 1. The number of likely N-dealkylation sites (tertiary alicyclic amines) is 1. The molecule has 1 aromatic rings. The fraction of sp³-hybridized carbons (Fsp3) is 0.619. The predicted molar refractivity (Wildman–Crippen MR) is 95.3 cm³/mol. The normalized spacial score (nSPS) is 30.0. The molecule has 1 aromatic carbocycles. The Kier molecular flexibility index (Phi) is 4.30. The van der Waals surface area contributed by atoms with E-state index in [4.69, 9.17) is 4.74 Å². The molecular weight excluding hydrogens is 314 g/mol. The number of carbonyl (C=O) groups excluding carboxylic acids is 2. The van der Waals surface area contributed by atoms with Gasteiger partial charge in [0, 0.05) is 24.3 Å². The molecule has 4 nitrogen and oxygen atoms in total. The van der Waals surface area contributed by atoms with E-state index in [1.807, 2.05) is 18.2 Å². The summed E-state index contributed by atoms with van der Waals surface area (Å²) in [6, 6.07) is 8.00. The average Bonchev–Trinajstić information content (AvgIpc) is 2.60. The van der Waals surface area contributed by atoms with E-state index in [1.54, 1.807) is 12.0 Å². The van der Waals surface area contributed by atoms with Crippen LogP contribution in [0.4, 0.5) is 0 Å². The highest BCUT2D eigenvalue weighted by atomic mass is 16.5. The highest BCUT2D eigenvalue weighted by Crippen LogP contribution is 2.50. The number of nitrogens with zero attached hydrogens (tertiary/aromatic N) is 1. The monoisotopic (exact) mass is 341 g/mol. The van der Waals surface area contributed by atoms with Crippen molar-refractivity contribution in [3.63, 3.8) is 0 Å². The van der Waals surface area contributed by atoms with E-state index in [0.717, 1.165) is 49.8 Å². The first-order valence-corrected chi connectivity index (χ1v) is 9.63. The standard InChI is InChI=1S/C21H27NO3/c1-25-17-9-5-8-16(12-17)21-11-3-2-10-18(21)20(24)22(19(23)13-21)14-15-6-4-7-15/h5,8-9,12,15,18H,2-4,6-7,10-11,13-14H2,1H3/t18-,21+/m1/s1. The third-order valence-electron chi connectivity index (χ3n) is 6.67. The molecule has 0 spiro atoms. The first kappa shape index (κ1) is 16.6. The third-order valence-corrected chi connectivity index (χ3v) is 6.67. The van der Waals surface area contributed by atoms with E-state index in [2.05, 4.69) is 6.07 Å². The zero-order valence-corrected chi connectivity index (χ0v) is 15.0. The minimum atomic E-state index is -0.336. The molecule has 0 radical (unpaired) electrons. The molecule has 2 amide bonds. The van der Waals surface area contributed by atoms with E-state index in [-0.39, 0.29) is 23.1 Å². The molecule has 0 bridgehead atoms. The molecule has 0 N–H and O–H groups in total. The Hall–Kier alpha value is -1.84. The molecule has 2 atom stereocenters. The van der Waals surface area contributed by atoms with Crippen molar-refractivity contribution in [2.45, 2.75) is 56.8 Å². The van der Waals surface area contributed by atoms with Crippen LogP contribution in [0.2, 0.25) is 0 Å². The summed E-state index contributed by atoms with van der Waals surface area (Å²) in [6.07, 6.45) is 7.97. The summed E-state index contributed by atoms with van der Waals surface area (Å²) in [4.78, 5) is 27.8. The minimum absolute atomic E-state index is 0.0258. The lowest BCUT2D eigenvalue weighted by Gasteiger charge is -2.50. The van der Waals surface area contributed by atoms with E-state index >= 15 is 0 Å². The quantitative estimate of drug-likeness (QED) is 0.785. The first-order valence-electron chi connectivity index (χ1n) is 9.63. The van der Waals surface area contributed by atoms with Crippen molar-refractivity contribution < 1.29 is 14.3 Å². The van der Waals surface area contributed by atoms with Crippen molar-refractivity contribution in [1.29, 1.82) is 0 Å². The fourth-order valence-electron chi connectivity index (χ4n) is 4.99. The van der Waals surface area contributed by atoms with Gasteiger partial charge < -0.3 is 4.74 Å². The molecular formula is C21H27NO3. The van der Waals surface area contributed by atoms with Gasteiger partial charge >= 0.3 is 0 Å². The summed E-state index contributed by atoms with van der Waals surface area (Å²) >= 11 is 0. The van der Waals surface area contributed by atoms with Gasteiger partial charge in [0.05, 0.1) is 7.11 Å². The third kappa shape index (κ3) is 2.76. The van der Waals surface area contributed by atoms with Gasteiger partial charge in [0.15, 0.2) is 0 Å². The molecule has 1 saturated heterocycles. The van der Waals surface area contributed by atoms with Crippen molar-refractivity contribution >= 4 is 11.8 Å². The second-order valence-corrected chi connectivity index (χ2v) is 8.00. The molecule has 3 aliphatic rings. The van der Waals surface area contributed by atoms with Crippen LogP contribution in [0.25, 0.3) is 0 Å². The van der Waals surface area contributed by atoms with Crippen LogP contribution in [0.3, 0.4) is 0 Å². The van der Waals surface area contributed by atoms with Crippen LogP contribution in [0.15, 0.2) is 24.3 Å². The van der Waals surface area contributed by atoms with Gasteiger partial charge in [-0.1, -0.05) is 31.4 Å². The summed E-state index contributed by atoms with van der Waals surface area (Å²) in [6.45, 7) is 0.641. The molecule has 0 aromatic heterocycles. The van der Waals surface area contributed by atoms with Crippen LogP contribution < -0.4 is 4.74 Å². The molecule has 2 saturated carbocycles. The van der Waals surface area contributed by atoms with Gasteiger partial charge in [-0.05, 0) is 49.3 Å². The molecule has 1 aliphatic heterocycles. The van der Waals surface area contributed by atoms with Crippen molar-refractivity contribution in [2.24, 2.45) is 11.8 Å². The number of hydrogen-bond acceptors (Lipinski definition) is 3. The van der Waals surface area contributed by atoms with Crippen LogP contribution in [-0.4, -0.2) is 30.4 Å². The molecule has 1 heterocycles. The Morgan fingerprint density at radius 3 is 2.72 bits per heavy atom. The lowest BCUT2D eigenvalue weighted by Crippen LogP contribution is -2.58. The van der Waals surface area contributed by atoms with Gasteiger partial charge in [0.25, 0.3) is 0 Å². The number of piperidine rings is 1. The maximum Gasteiger partial charge on any atom is 0.233 e. The van der Waals surface area contributed by atoms with E-state index < -0.39 is 0 Å². The Morgan fingerprint density at radius 2 is 2.00 bits per heavy atom. The van der Waals surface area contributed by atoms with E-state index in [1.165, 1.54) is 6.42 Å². The van der Waals surface area contributed by atoms with Gasteiger partial charge in [-0.25, -0.2) is 0 Å². The smallest absolute Gasteiger partial charge is 0.233 e. The molecule has 134 valence electrons. The number of methoxy groups -OCH3 is 1. The summed E-state index contributed by atoms with van der Waals surface area (Å²) in [5.41, 5.74) is 0.762. The number of benzene rings is 1. The van der Waals surface area contributed by atoms with Crippen molar-refractivity contribution in [1.82, 2.24) is 4.90 Å². The number of fused-ring (bicyclic) bond motifs is 1. The topological polar surface area (TPSA) is 46.6 Å². The Balaban J connectivity index is 1.68. The Bertz CT molecular complexity index is 681. The van der Waals surface area contributed by atoms with Gasteiger partial charge in [-0.2, -0.15) is 0 Å². The van der Waals surface area contributed by atoms with Crippen LogP contribution in [0.5, 0.6) is 5.75 Å². The predicted octanol–water partition coefficient (Wildman–Crippen LogP) is 3.68. The number of hydrogen-bond donors (Lipinski definition) is 0. The second-order valence-electron chi connectivity index (χ2n) is 8.00. The van der Waals surface area contributed by atoms with Gasteiger partial charge in [-0.15, -0.1) is 0 Å². The van der Waals surface area contributed by atoms with Gasteiger partial charge in [0.2, 0.25) is 11.8 Å². The first-order chi connectivity index (χ1) is 12.1. The maximum atomic E-state index is 13.3. The molecule has 3 fully saturated rings. The zero-order valence-electron chi connectivity index (χ0n) is 15.0. The largest absolute Gasteiger partial charge is 0.497 e. The highest BCUT2D eigenvalue weighted by Gasteiger charge is 2.53. The van der Waals surface area contributed by atoms with Gasteiger partial charge in [-0.3, -0.25) is 14.5 Å². The zero-order chi connectivity index (χ0) is 17.4. The number of carbonyl (C=O) groups is 2. The van der Waals surface area contributed by atoms with Gasteiger partial charge in [0.1, 0.15) is 5.75 Å². The highest BCUT2D eigenvalue weighted by molar-refractivity contribution is 6.01. The average molecular weight is 341 g/mol. The Labute approximate surface area is 149 Å². The van der Waals surface area contributed by atoms with Crippen molar-refractivity contribution in [2.75, 3.05) is 13.7 Å². The number of ether oxygens (including phenoxy) is 1.